The van der Waals surface area contributed by atoms with E-state index in [4.69, 9.17) is 14.9 Å². The van der Waals surface area contributed by atoms with Crippen LogP contribution < -0.4 is 0 Å². The van der Waals surface area contributed by atoms with Crippen LogP contribution in [0.25, 0.3) is 0 Å². The van der Waals surface area contributed by atoms with Gasteiger partial charge in [0, 0.05) is 0 Å². The van der Waals surface area contributed by atoms with Gasteiger partial charge in [0.15, 0.2) is 0 Å². The summed E-state index contributed by atoms with van der Waals surface area (Å²) in [7, 11) is 0. The van der Waals surface area contributed by atoms with Crippen LogP contribution in [0.2, 0.25) is 0 Å². The van der Waals surface area contributed by atoms with E-state index in [0.29, 0.717) is 0 Å². The highest BCUT2D eigenvalue weighted by molar-refractivity contribution is 5.01. The molecular weight excluding hydrogens is 172 g/mol. The van der Waals surface area contributed by atoms with Gasteiger partial charge >= 0.3 is 0 Å². The summed E-state index contributed by atoms with van der Waals surface area (Å²) in [6.45, 7) is 4.83. The summed E-state index contributed by atoms with van der Waals surface area (Å²) >= 11 is 0. The molecular formula is C9H18O4. The van der Waals surface area contributed by atoms with E-state index < -0.39 is 18.3 Å². The Hall–Kier alpha value is -0.580. The predicted molar refractivity (Wildman–Crippen MR) is 49.1 cm³/mol. The first-order valence-corrected chi connectivity index (χ1v) is 4.19. The van der Waals surface area contributed by atoms with Crippen molar-refractivity contribution in [2.45, 2.75) is 32.5 Å². The Bertz CT molecular complexity index is 169. The summed E-state index contributed by atoms with van der Waals surface area (Å²) in [5, 5.41) is 26.6. The van der Waals surface area contributed by atoms with Gasteiger partial charge in [-0.25, -0.2) is 0 Å². The molecule has 3 N–H and O–H groups in total. The maximum atomic E-state index is 9.26. The van der Waals surface area contributed by atoms with Crippen molar-refractivity contribution in [3.05, 3.63) is 11.8 Å². The van der Waals surface area contributed by atoms with Gasteiger partial charge in [0.25, 0.3) is 0 Å². The predicted octanol–water partition coefficient (Wildman–Crippen LogP) is 0.0309. The molecule has 0 radical (unpaired) electrons. The third kappa shape index (κ3) is 5.63. The molecule has 78 valence electrons. The molecule has 0 rings (SSSR count). The Morgan fingerprint density at radius 1 is 1.38 bits per heavy atom. The molecule has 0 heterocycles. The minimum absolute atomic E-state index is 0.206. The molecule has 0 unspecified atom stereocenters. The topological polar surface area (TPSA) is 69.9 Å². The summed E-state index contributed by atoms with van der Waals surface area (Å²) < 4.78 is 5.32. The van der Waals surface area contributed by atoms with Crippen molar-refractivity contribution in [1.82, 2.24) is 0 Å². The molecule has 0 aliphatic rings. The van der Waals surface area contributed by atoms with Crippen molar-refractivity contribution < 1.29 is 20.1 Å². The number of aliphatic hydroxyl groups is 3. The SMILES string of the molecule is CC(C)(C)O/C(=C\CO)[C@@H](O)CO. The van der Waals surface area contributed by atoms with Crippen LogP contribution in [-0.2, 0) is 4.74 Å². The van der Waals surface area contributed by atoms with E-state index in [-0.39, 0.29) is 12.4 Å². The number of aliphatic hydroxyl groups excluding tert-OH is 3. The molecule has 4 nitrogen and oxygen atoms in total. The van der Waals surface area contributed by atoms with Crippen molar-refractivity contribution in [2.24, 2.45) is 0 Å². The van der Waals surface area contributed by atoms with E-state index in [0.717, 1.165) is 0 Å². The van der Waals surface area contributed by atoms with Crippen LogP contribution in [0.5, 0.6) is 0 Å². The lowest BCUT2D eigenvalue weighted by Crippen LogP contribution is -2.26. The first kappa shape index (κ1) is 12.4. The molecule has 0 aromatic carbocycles. The van der Waals surface area contributed by atoms with Crippen LogP contribution in [-0.4, -0.2) is 40.2 Å². The fourth-order valence-corrected chi connectivity index (χ4v) is 0.779. The molecule has 0 fully saturated rings. The van der Waals surface area contributed by atoms with Crippen LogP contribution in [0.4, 0.5) is 0 Å². The smallest absolute Gasteiger partial charge is 0.134 e. The zero-order valence-corrected chi connectivity index (χ0v) is 8.32. The van der Waals surface area contributed by atoms with Crippen molar-refractivity contribution >= 4 is 0 Å². The van der Waals surface area contributed by atoms with Gasteiger partial charge in [-0.3, -0.25) is 0 Å². The molecule has 0 amide bonds. The molecule has 0 saturated carbocycles. The summed E-state index contributed by atoms with van der Waals surface area (Å²) in [4.78, 5) is 0. The Labute approximate surface area is 78.5 Å². The summed E-state index contributed by atoms with van der Waals surface area (Å²) in [5.74, 6) is 0.206. The van der Waals surface area contributed by atoms with Gasteiger partial charge in [0.2, 0.25) is 0 Å². The van der Waals surface area contributed by atoms with Gasteiger partial charge in [0.05, 0.1) is 13.2 Å². The van der Waals surface area contributed by atoms with Gasteiger partial charge < -0.3 is 20.1 Å². The Kier molecular flexibility index (Phi) is 4.98. The van der Waals surface area contributed by atoms with Gasteiger partial charge in [0.1, 0.15) is 17.5 Å². The molecule has 0 saturated heterocycles. The number of rotatable bonds is 4. The number of hydrogen-bond donors (Lipinski definition) is 3. The summed E-state index contributed by atoms with van der Waals surface area (Å²) in [6.07, 6.45) is 0.276. The lowest BCUT2D eigenvalue weighted by Gasteiger charge is -2.25. The van der Waals surface area contributed by atoms with E-state index in [1.165, 1.54) is 6.08 Å². The third-order valence-electron chi connectivity index (χ3n) is 1.22. The second-order valence-corrected chi connectivity index (χ2v) is 3.70. The van der Waals surface area contributed by atoms with E-state index in [1.54, 1.807) is 0 Å². The lowest BCUT2D eigenvalue weighted by atomic mass is 10.2. The summed E-state index contributed by atoms with van der Waals surface area (Å²) in [5.41, 5.74) is -0.447. The molecule has 0 bridgehead atoms. The van der Waals surface area contributed by atoms with E-state index in [1.807, 2.05) is 20.8 Å². The molecule has 4 heteroatoms. The van der Waals surface area contributed by atoms with Gasteiger partial charge in [-0.1, -0.05) is 0 Å². The standard InChI is InChI=1S/C9H18O4/c1-9(2,3)13-8(4-5-10)7(12)6-11/h4,7,10-12H,5-6H2,1-3H3/b8-4-/t7-/m0/s1. The van der Waals surface area contributed by atoms with Crippen molar-refractivity contribution in [3.8, 4) is 0 Å². The first-order chi connectivity index (χ1) is 5.90. The average Bonchev–Trinajstić information content (AvgIpc) is 2.00. The highest BCUT2D eigenvalue weighted by Crippen LogP contribution is 2.15. The minimum atomic E-state index is -1.06. The van der Waals surface area contributed by atoms with Gasteiger partial charge in [-0.15, -0.1) is 0 Å². The largest absolute Gasteiger partial charge is 0.490 e. The van der Waals surface area contributed by atoms with Crippen LogP contribution in [0, 0.1) is 0 Å². The normalized spacial score (nSPS) is 15.7. The number of hydrogen-bond acceptors (Lipinski definition) is 4. The molecule has 0 aliphatic heterocycles. The van der Waals surface area contributed by atoms with Crippen molar-refractivity contribution in [1.29, 1.82) is 0 Å². The molecule has 0 aromatic rings. The fraction of sp³-hybridized carbons (Fsp3) is 0.778. The van der Waals surface area contributed by atoms with Crippen LogP contribution in [0.1, 0.15) is 20.8 Å². The highest BCUT2D eigenvalue weighted by atomic mass is 16.5. The highest BCUT2D eigenvalue weighted by Gasteiger charge is 2.18. The van der Waals surface area contributed by atoms with Crippen LogP contribution in [0.15, 0.2) is 11.8 Å². The quantitative estimate of drug-likeness (QED) is 0.547. The molecule has 1 atom stereocenters. The fourth-order valence-electron chi connectivity index (χ4n) is 0.779. The maximum Gasteiger partial charge on any atom is 0.134 e. The lowest BCUT2D eigenvalue weighted by molar-refractivity contribution is -0.00804. The van der Waals surface area contributed by atoms with Gasteiger partial charge in [-0.2, -0.15) is 0 Å². The van der Waals surface area contributed by atoms with E-state index in [9.17, 15) is 5.11 Å². The maximum absolute atomic E-state index is 9.26. The van der Waals surface area contributed by atoms with Crippen molar-refractivity contribution in [3.63, 3.8) is 0 Å². The number of ether oxygens (including phenoxy) is 1. The molecule has 13 heavy (non-hydrogen) atoms. The summed E-state index contributed by atoms with van der Waals surface area (Å²) in [6, 6.07) is 0. The first-order valence-electron chi connectivity index (χ1n) is 4.19. The van der Waals surface area contributed by atoms with E-state index in [2.05, 4.69) is 0 Å². The minimum Gasteiger partial charge on any atom is -0.490 e. The second-order valence-electron chi connectivity index (χ2n) is 3.70. The molecule has 0 aliphatic carbocycles. The Morgan fingerprint density at radius 3 is 2.23 bits per heavy atom. The Balaban J connectivity index is 4.36. The van der Waals surface area contributed by atoms with Crippen molar-refractivity contribution in [2.75, 3.05) is 13.2 Å². The zero-order valence-electron chi connectivity index (χ0n) is 8.32. The zero-order chi connectivity index (χ0) is 10.5. The molecule has 0 spiro atoms. The van der Waals surface area contributed by atoms with Gasteiger partial charge in [-0.05, 0) is 26.8 Å². The van der Waals surface area contributed by atoms with E-state index >= 15 is 0 Å². The average molecular weight is 190 g/mol. The third-order valence-corrected chi connectivity index (χ3v) is 1.22. The molecule has 0 aromatic heterocycles. The second kappa shape index (κ2) is 5.21. The van der Waals surface area contributed by atoms with Crippen LogP contribution in [0.3, 0.4) is 0 Å². The monoisotopic (exact) mass is 190 g/mol. The van der Waals surface area contributed by atoms with Crippen LogP contribution >= 0.6 is 0 Å². The Morgan fingerprint density at radius 2 is 1.92 bits per heavy atom.